The number of benzene rings is 1. The highest BCUT2D eigenvalue weighted by Gasteiger charge is 2.09. The molecule has 1 aromatic heterocycles. The third-order valence-corrected chi connectivity index (χ3v) is 5.23. The highest BCUT2D eigenvalue weighted by Crippen LogP contribution is 2.33. The van der Waals surface area contributed by atoms with Crippen LogP contribution in [-0.2, 0) is 6.42 Å². The quantitative estimate of drug-likeness (QED) is 0.824. The minimum atomic E-state index is 0.168. The molecule has 0 spiro atoms. The van der Waals surface area contributed by atoms with Crippen LogP contribution in [0.4, 0.5) is 0 Å². The van der Waals surface area contributed by atoms with Gasteiger partial charge < -0.3 is 5.73 Å². The topological polar surface area (TPSA) is 51.8 Å². The van der Waals surface area contributed by atoms with Gasteiger partial charge in [0, 0.05) is 26.8 Å². The average molecular weight is 366 g/mol. The van der Waals surface area contributed by atoms with Gasteiger partial charge in [0.25, 0.3) is 0 Å². The number of aryl methyl sites for hydroxylation is 2. The zero-order chi connectivity index (χ0) is 15.6. The summed E-state index contributed by atoms with van der Waals surface area (Å²) in [5.41, 5.74) is 10.3. The van der Waals surface area contributed by atoms with Crippen LogP contribution in [0.5, 0.6) is 0 Å². The van der Waals surface area contributed by atoms with Crippen LogP contribution in [-0.4, -0.2) is 16.0 Å². The first kappa shape index (κ1) is 16.5. The number of nitrogens with two attached hydrogens (primary N) is 1. The lowest BCUT2D eigenvalue weighted by Crippen LogP contribution is -2.17. The van der Waals surface area contributed by atoms with E-state index in [0.717, 1.165) is 37.9 Å². The number of rotatable bonds is 4. The second-order valence-corrected chi connectivity index (χ2v) is 7.21. The van der Waals surface area contributed by atoms with Gasteiger partial charge in [-0.2, -0.15) is 0 Å². The van der Waals surface area contributed by atoms with E-state index in [2.05, 4.69) is 51.0 Å². The van der Waals surface area contributed by atoms with Crippen LogP contribution < -0.4 is 5.73 Å². The van der Waals surface area contributed by atoms with Crippen molar-refractivity contribution in [1.29, 1.82) is 0 Å². The van der Waals surface area contributed by atoms with Crippen molar-refractivity contribution in [2.24, 2.45) is 5.73 Å². The molecule has 0 saturated carbocycles. The van der Waals surface area contributed by atoms with E-state index in [0.29, 0.717) is 0 Å². The first-order valence-electron chi connectivity index (χ1n) is 6.90. The van der Waals surface area contributed by atoms with E-state index in [1.807, 2.05) is 20.8 Å². The Hall–Kier alpha value is -0.910. The largest absolute Gasteiger partial charge is 0.328 e. The third kappa shape index (κ3) is 4.28. The van der Waals surface area contributed by atoms with Crippen LogP contribution in [0, 0.1) is 20.8 Å². The van der Waals surface area contributed by atoms with Crippen LogP contribution in [0.1, 0.15) is 29.4 Å². The number of aromatic nitrogens is 2. The zero-order valence-electron chi connectivity index (χ0n) is 12.8. The minimum absolute atomic E-state index is 0.168. The van der Waals surface area contributed by atoms with Crippen molar-refractivity contribution < 1.29 is 0 Å². The number of nitrogens with zero attached hydrogens (tertiary/aromatic N) is 2. The van der Waals surface area contributed by atoms with E-state index < -0.39 is 0 Å². The minimum Gasteiger partial charge on any atom is -0.328 e. The molecule has 2 aromatic rings. The van der Waals surface area contributed by atoms with Gasteiger partial charge in [0.15, 0.2) is 5.16 Å². The molecule has 1 atom stereocenters. The second kappa shape index (κ2) is 6.90. The molecule has 2 rings (SSSR count). The Labute approximate surface area is 138 Å². The Morgan fingerprint density at radius 2 is 1.81 bits per heavy atom. The first-order valence-corrected chi connectivity index (χ1v) is 8.51. The number of hydrogen-bond acceptors (Lipinski definition) is 4. The van der Waals surface area contributed by atoms with Crippen molar-refractivity contribution in [3.63, 3.8) is 0 Å². The summed E-state index contributed by atoms with van der Waals surface area (Å²) in [6.45, 7) is 8.11. The van der Waals surface area contributed by atoms with Crippen molar-refractivity contribution in [3.8, 4) is 0 Å². The highest BCUT2D eigenvalue weighted by atomic mass is 79.9. The maximum atomic E-state index is 5.84. The fourth-order valence-corrected chi connectivity index (χ4v) is 3.53. The van der Waals surface area contributed by atoms with E-state index in [9.17, 15) is 0 Å². The van der Waals surface area contributed by atoms with Gasteiger partial charge in [-0.25, -0.2) is 9.97 Å². The normalized spacial score (nSPS) is 12.5. The van der Waals surface area contributed by atoms with Gasteiger partial charge in [0.2, 0.25) is 0 Å². The lowest BCUT2D eigenvalue weighted by atomic mass is 10.1. The zero-order valence-corrected chi connectivity index (χ0v) is 15.2. The SMILES string of the molecule is Cc1nc(Sc2ccc(CC(C)N)cc2Br)nc(C)c1C. The number of halogens is 1. The molecule has 0 aliphatic rings. The fraction of sp³-hybridized carbons (Fsp3) is 0.375. The Balaban J connectivity index is 2.24. The van der Waals surface area contributed by atoms with Crippen molar-refractivity contribution in [2.45, 2.75) is 50.2 Å². The van der Waals surface area contributed by atoms with Crippen molar-refractivity contribution in [2.75, 3.05) is 0 Å². The molecule has 21 heavy (non-hydrogen) atoms. The molecule has 0 radical (unpaired) electrons. The lowest BCUT2D eigenvalue weighted by Gasteiger charge is -2.10. The van der Waals surface area contributed by atoms with E-state index in [1.165, 1.54) is 5.56 Å². The van der Waals surface area contributed by atoms with E-state index >= 15 is 0 Å². The molecule has 0 aliphatic heterocycles. The Morgan fingerprint density at radius 1 is 1.19 bits per heavy atom. The molecule has 0 bridgehead atoms. The summed E-state index contributed by atoms with van der Waals surface area (Å²) in [6, 6.07) is 6.51. The van der Waals surface area contributed by atoms with Crippen molar-refractivity contribution >= 4 is 27.7 Å². The summed E-state index contributed by atoms with van der Waals surface area (Å²) in [5.74, 6) is 0. The van der Waals surface area contributed by atoms with Crippen LogP contribution in [0.2, 0.25) is 0 Å². The monoisotopic (exact) mass is 365 g/mol. The molecule has 1 aromatic carbocycles. The Kier molecular flexibility index (Phi) is 5.41. The third-order valence-electron chi connectivity index (χ3n) is 3.37. The fourth-order valence-electron chi connectivity index (χ4n) is 2.01. The lowest BCUT2D eigenvalue weighted by molar-refractivity contribution is 0.737. The van der Waals surface area contributed by atoms with Gasteiger partial charge in [-0.1, -0.05) is 6.07 Å². The molecule has 3 nitrogen and oxygen atoms in total. The number of hydrogen-bond donors (Lipinski definition) is 1. The average Bonchev–Trinajstić information content (AvgIpc) is 2.38. The molecule has 0 saturated heterocycles. The summed E-state index contributed by atoms with van der Waals surface area (Å²) in [5, 5.41) is 0.788. The predicted octanol–water partition coefficient (Wildman–Crippen LogP) is 4.21. The summed E-state index contributed by atoms with van der Waals surface area (Å²) < 4.78 is 1.06. The molecule has 0 aliphatic carbocycles. The summed E-state index contributed by atoms with van der Waals surface area (Å²) in [7, 11) is 0. The van der Waals surface area contributed by atoms with Crippen molar-refractivity contribution in [3.05, 3.63) is 45.2 Å². The van der Waals surface area contributed by atoms with Crippen LogP contribution in [0.15, 0.2) is 32.7 Å². The van der Waals surface area contributed by atoms with Gasteiger partial charge in [0.05, 0.1) is 0 Å². The summed E-state index contributed by atoms with van der Waals surface area (Å²) in [4.78, 5) is 10.2. The van der Waals surface area contributed by atoms with Crippen LogP contribution >= 0.6 is 27.7 Å². The van der Waals surface area contributed by atoms with Gasteiger partial charge in [-0.3, -0.25) is 0 Å². The van der Waals surface area contributed by atoms with E-state index in [4.69, 9.17) is 5.73 Å². The molecule has 5 heteroatoms. The molecular weight excluding hydrogens is 346 g/mol. The van der Waals surface area contributed by atoms with E-state index in [1.54, 1.807) is 11.8 Å². The molecule has 2 N–H and O–H groups in total. The van der Waals surface area contributed by atoms with E-state index in [-0.39, 0.29) is 6.04 Å². The maximum absolute atomic E-state index is 5.84. The standard InChI is InChI=1S/C16H20BrN3S/c1-9(18)7-13-5-6-15(14(17)8-13)21-16-19-11(3)10(2)12(4)20-16/h5-6,8-9H,7,18H2,1-4H3. The second-order valence-electron chi connectivity index (χ2n) is 5.35. The maximum Gasteiger partial charge on any atom is 0.192 e. The molecule has 1 unspecified atom stereocenters. The van der Waals surface area contributed by atoms with Gasteiger partial charge >= 0.3 is 0 Å². The summed E-state index contributed by atoms with van der Waals surface area (Å²) in [6.07, 6.45) is 0.878. The molecule has 1 heterocycles. The molecule has 0 amide bonds. The van der Waals surface area contributed by atoms with Crippen molar-refractivity contribution in [1.82, 2.24) is 9.97 Å². The molecule has 0 fully saturated rings. The van der Waals surface area contributed by atoms with Gasteiger partial charge in [-0.05, 0) is 85.1 Å². The van der Waals surface area contributed by atoms with Gasteiger partial charge in [0.1, 0.15) is 0 Å². The van der Waals surface area contributed by atoms with Crippen LogP contribution in [0.3, 0.4) is 0 Å². The Bertz CT molecular complexity index is 633. The summed E-state index contributed by atoms with van der Waals surface area (Å²) >= 11 is 5.21. The van der Waals surface area contributed by atoms with Gasteiger partial charge in [-0.15, -0.1) is 0 Å². The highest BCUT2D eigenvalue weighted by molar-refractivity contribution is 9.10. The van der Waals surface area contributed by atoms with Crippen LogP contribution in [0.25, 0.3) is 0 Å². The predicted molar refractivity (Wildman–Crippen MR) is 91.9 cm³/mol. The first-order chi connectivity index (χ1) is 9.86. The Morgan fingerprint density at radius 3 is 2.33 bits per heavy atom. The molecular formula is C16H20BrN3S. The molecule has 112 valence electrons. The smallest absolute Gasteiger partial charge is 0.192 e.